The van der Waals surface area contributed by atoms with Gasteiger partial charge in [0.15, 0.2) is 0 Å². The quantitative estimate of drug-likeness (QED) is 0.642. The average molecular weight is 431 g/mol. The number of halogens is 2. The van der Waals surface area contributed by atoms with Gasteiger partial charge in [0.2, 0.25) is 11.8 Å². The van der Waals surface area contributed by atoms with Crippen LogP contribution in [0.3, 0.4) is 0 Å². The minimum absolute atomic E-state index is 0.0409. The van der Waals surface area contributed by atoms with Crippen LogP contribution in [0.1, 0.15) is 12.5 Å². The van der Waals surface area contributed by atoms with E-state index in [0.29, 0.717) is 22.2 Å². The molecule has 0 spiro atoms. The Morgan fingerprint density at radius 2 is 2.00 bits per heavy atom. The topological polar surface area (TPSA) is 85.2 Å². The maximum atomic E-state index is 12.9. The number of methoxy groups -OCH3 is 1. The van der Waals surface area contributed by atoms with Crippen molar-refractivity contribution in [1.82, 2.24) is 9.78 Å². The molecule has 3 aromatic rings. The molecule has 0 saturated heterocycles. The van der Waals surface area contributed by atoms with E-state index in [1.54, 1.807) is 31.4 Å². The highest BCUT2D eigenvalue weighted by Gasteiger charge is 2.32. The van der Waals surface area contributed by atoms with Crippen LogP contribution < -0.4 is 15.4 Å². The molecule has 0 radical (unpaired) electrons. The zero-order valence-electron chi connectivity index (χ0n) is 15.3. The van der Waals surface area contributed by atoms with Gasteiger partial charge in [0, 0.05) is 11.6 Å². The van der Waals surface area contributed by atoms with Crippen LogP contribution in [0.2, 0.25) is 10.0 Å². The second-order valence-electron chi connectivity index (χ2n) is 6.45. The van der Waals surface area contributed by atoms with Gasteiger partial charge in [0.1, 0.15) is 17.6 Å². The number of carbonyl (C=O) groups is 2. The molecule has 2 aromatic carbocycles. The van der Waals surface area contributed by atoms with Gasteiger partial charge in [-0.1, -0.05) is 29.3 Å². The van der Waals surface area contributed by atoms with E-state index in [-0.39, 0.29) is 17.4 Å². The van der Waals surface area contributed by atoms with Gasteiger partial charge in [-0.15, -0.1) is 0 Å². The zero-order chi connectivity index (χ0) is 20.5. The van der Waals surface area contributed by atoms with E-state index < -0.39 is 11.9 Å². The number of nitrogens with one attached hydrogen (secondary N) is 2. The van der Waals surface area contributed by atoms with Crippen molar-refractivity contribution in [2.24, 2.45) is 0 Å². The van der Waals surface area contributed by atoms with Crippen molar-refractivity contribution in [2.45, 2.75) is 12.5 Å². The maximum absolute atomic E-state index is 12.9. The van der Waals surface area contributed by atoms with Crippen molar-refractivity contribution in [3.05, 3.63) is 58.6 Å². The highest BCUT2D eigenvalue weighted by molar-refractivity contribution is 6.44. The summed E-state index contributed by atoms with van der Waals surface area (Å²) < 4.78 is 6.68. The van der Waals surface area contributed by atoms with Crippen molar-refractivity contribution in [3.8, 4) is 17.0 Å². The number of hydrogen-bond acceptors (Lipinski definition) is 4. The van der Waals surface area contributed by atoms with Gasteiger partial charge in [0.05, 0.1) is 35.0 Å². The number of rotatable bonds is 4. The van der Waals surface area contributed by atoms with E-state index in [4.69, 9.17) is 27.9 Å². The lowest BCUT2D eigenvalue weighted by atomic mass is 10.1. The van der Waals surface area contributed by atoms with Gasteiger partial charge in [0.25, 0.3) is 0 Å². The van der Waals surface area contributed by atoms with Crippen LogP contribution in [0.15, 0.2) is 48.5 Å². The first-order valence-electron chi connectivity index (χ1n) is 8.75. The van der Waals surface area contributed by atoms with Crippen LogP contribution in [0.4, 0.5) is 11.5 Å². The molecular weight excluding hydrogens is 415 g/mol. The number of amides is 2. The molecule has 0 bridgehead atoms. The molecule has 1 aliphatic heterocycles. The fourth-order valence-electron chi connectivity index (χ4n) is 3.10. The molecule has 2 heterocycles. The standard InChI is InChI=1S/C20H16Cl2N4O3/c1-29-12-7-5-11(6-8-12)15-9-17-24-18(27)10-16(26(17)25-15)20(28)23-14-4-2-3-13(21)19(14)22/h2-9,16H,10H2,1H3,(H,23,28)(H,24,27)/t16-/m0/s1. The number of ether oxygens (including phenoxy) is 1. The molecule has 148 valence electrons. The van der Waals surface area contributed by atoms with Gasteiger partial charge in [-0.3, -0.25) is 9.59 Å². The lowest BCUT2D eigenvalue weighted by Gasteiger charge is -2.24. The first-order chi connectivity index (χ1) is 14.0. The molecule has 0 saturated carbocycles. The largest absolute Gasteiger partial charge is 0.497 e. The highest BCUT2D eigenvalue weighted by Crippen LogP contribution is 2.33. The molecule has 29 heavy (non-hydrogen) atoms. The molecule has 4 rings (SSSR count). The predicted molar refractivity (Wildman–Crippen MR) is 112 cm³/mol. The number of benzene rings is 2. The van der Waals surface area contributed by atoms with Crippen LogP contribution >= 0.6 is 23.2 Å². The number of nitrogens with zero attached hydrogens (tertiary/aromatic N) is 2. The lowest BCUT2D eigenvalue weighted by Crippen LogP contribution is -2.35. The Morgan fingerprint density at radius 3 is 2.72 bits per heavy atom. The Bertz CT molecular complexity index is 1100. The van der Waals surface area contributed by atoms with E-state index in [1.807, 2.05) is 24.3 Å². The second-order valence-corrected chi connectivity index (χ2v) is 7.23. The summed E-state index contributed by atoms with van der Waals surface area (Å²) in [7, 11) is 1.59. The zero-order valence-corrected chi connectivity index (χ0v) is 16.8. The summed E-state index contributed by atoms with van der Waals surface area (Å²) >= 11 is 12.2. The summed E-state index contributed by atoms with van der Waals surface area (Å²) in [6.07, 6.45) is -0.0409. The number of fused-ring (bicyclic) bond motifs is 1. The third-order valence-electron chi connectivity index (χ3n) is 4.58. The van der Waals surface area contributed by atoms with Gasteiger partial charge in [-0.05, 0) is 36.4 Å². The van der Waals surface area contributed by atoms with Crippen LogP contribution in [0, 0.1) is 0 Å². The fraction of sp³-hybridized carbons (Fsp3) is 0.150. The van der Waals surface area contributed by atoms with Gasteiger partial charge < -0.3 is 15.4 Å². The van der Waals surface area contributed by atoms with Crippen LogP contribution in [0.5, 0.6) is 5.75 Å². The summed E-state index contributed by atoms with van der Waals surface area (Å²) in [5.74, 6) is 0.497. The second kappa shape index (κ2) is 7.77. The Hall–Kier alpha value is -3.03. The minimum atomic E-state index is -0.819. The van der Waals surface area contributed by atoms with E-state index in [9.17, 15) is 9.59 Å². The van der Waals surface area contributed by atoms with E-state index in [1.165, 1.54) is 4.68 Å². The minimum Gasteiger partial charge on any atom is -0.497 e. The van der Waals surface area contributed by atoms with E-state index in [2.05, 4.69) is 15.7 Å². The van der Waals surface area contributed by atoms with Gasteiger partial charge in [-0.25, -0.2) is 4.68 Å². The van der Waals surface area contributed by atoms with E-state index >= 15 is 0 Å². The fourth-order valence-corrected chi connectivity index (χ4v) is 3.45. The first kappa shape index (κ1) is 19.3. The summed E-state index contributed by atoms with van der Waals surface area (Å²) in [6.45, 7) is 0. The summed E-state index contributed by atoms with van der Waals surface area (Å²) in [6, 6.07) is 13.2. The third kappa shape index (κ3) is 3.79. The lowest BCUT2D eigenvalue weighted by molar-refractivity contribution is -0.125. The van der Waals surface area contributed by atoms with Crippen molar-refractivity contribution in [1.29, 1.82) is 0 Å². The summed E-state index contributed by atoms with van der Waals surface area (Å²) in [5.41, 5.74) is 1.83. The molecule has 2 N–H and O–H groups in total. The van der Waals surface area contributed by atoms with Crippen molar-refractivity contribution in [3.63, 3.8) is 0 Å². The molecule has 1 aromatic heterocycles. The Morgan fingerprint density at radius 1 is 1.24 bits per heavy atom. The summed E-state index contributed by atoms with van der Waals surface area (Å²) in [4.78, 5) is 25.0. The Balaban J connectivity index is 1.64. The molecule has 2 amide bonds. The van der Waals surface area contributed by atoms with Crippen molar-refractivity contribution >= 4 is 46.5 Å². The Labute approximate surface area is 176 Å². The normalized spacial score (nSPS) is 15.4. The first-order valence-corrected chi connectivity index (χ1v) is 9.50. The number of hydrogen-bond donors (Lipinski definition) is 2. The van der Waals surface area contributed by atoms with Crippen molar-refractivity contribution in [2.75, 3.05) is 17.7 Å². The Kier molecular flexibility index (Phi) is 5.17. The van der Waals surface area contributed by atoms with Gasteiger partial charge >= 0.3 is 0 Å². The van der Waals surface area contributed by atoms with Crippen LogP contribution in [0.25, 0.3) is 11.3 Å². The van der Waals surface area contributed by atoms with Gasteiger partial charge in [-0.2, -0.15) is 5.10 Å². The molecule has 0 aliphatic carbocycles. The van der Waals surface area contributed by atoms with Crippen LogP contribution in [-0.4, -0.2) is 28.7 Å². The number of carbonyl (C=O) groups excluding carboxylic acids is 2. The molecular formula is C20H16Cl2N4O3. The number of anilines is 2. The monoisotopic (exact) mass is 430 g/mol. The number of aromatic nitrogens is 2. The highest BCUT2D eigenvalue weighted by atomic mass is 35.5. The maximum Gasteiger partial charge on any atom is 0.249 e. The molecule has 1 atom stereocenters. The molecule has 1 aliphatic rings. The molecule has 7 nitrogen and oxygen atoms in total. The smallest absolute Gasteiger partial charge is 0.249 e. The average Bonchev–Trinajstić information content (AvgIpc) is 3.14. The predicted octanol–water partition coefficient (Wildman–Crippen LogP) is 4.39. The van der Waals surface area contributed by atoms with Crippen LogP contribution in [-0.2, 0) is 9.59 Å². The SMILES string of the molecule is COc1ccc(-c2cc3n(n2)[C@H](C(=O)Nc2cccc(Cl)c2Cl)CC(=O)N3)cc1. The third-order valence-corrected chi connectivity index (χ3v) is 5.39. The van der Waals surface area contributed by atoms with Crippen molar-refractivity contribution < 1.29 is 14.3 Å². The molecule has 9 heteroatoms. The molecule has 0 unspecified atom stereocenters. The van der Waals surface area contributed by atoms with E-state index in [0.717, 1.165) is 11.3 Å². The molecule has 0 fully saturated rings. The summed E-state index contributed by atoms with van der Waals surface area (Å²) in [5, 5.41) is 10.6.